The second kappa shape index (κ2) is 4.66. The molecule has 0 aliphatic rings. The van der Waals surface area contributed by atoms with Gasteiger partial charge in [0.15, 0.2) is 5.84 Å². The molecule has 94 valence electrons. The lowest BCUT2D eigenvalue weighted by Gasteiger charge is -2.05. The zero-order valence-corrected chi connectivity index (χ0v) is 10.2. The molecule has 0 amide bonds. The molecule has 2 rings (SSSR count). The number of rotatable bonds is 2. The molecule has 0 unspecified atom stereocenters. The smallest absolute Gasteiger partial charge is 0.170 e. The van der Waals surface area contributed by atoms with Crippen LogP contribution in [0.25, 0.3) is 5.69 Å². The molecule has 0 radical (unpaired) electrons. The number of hydrogen-bond donors (Lipinski definition) is 2. The van der Waals surface area contributed by atoms with Gasteiger partial charge in [-0.1, -0.05) is 16.8 Å². The summed E-state index contributed by atoms with van der Waals surface area (Å²) in [6, 6.07) is 4.17. The van der Waals surface area contributed by atoms with Crippen LogP contribution in [0.5, 0.6) is 0 Å². The van der Waals surface area contributed by atoms with Gasteiger partial charge in [-0.25, -0.2) is 9.07 Å². The topological polar surface area (TPSA) is 76.4 Å². The van der Waals surface area contributed by atoms with Gasteiger partial charge in [-0.05, 0) is 25.1 Å². The summed E-state index contributed by atoms with van der Waals surface area (Å²) < 4.78 is 15.2. The molecule has 0 fully saturated rings. The minimum absolute atomic E-state index is 0.157. The third-order valence-corrected chi connectivity index (χ3v) is 2.81. The van der Waals surface area contributed by atoms with Crippen molar-refractivity contribution < 1.29 is 9.60 Å². The largest absolute Gasteiger partial charge is 0.409 e. The summed E-state index contributed by atoms with van der Waals surface area (Å²) in [5, 5.41) is 15.8. The van der Waals surface area contributed by atoms with Gasteiger partial charge < -0.3 is 10.9 Å². The first-order chi connectivity index (χ1) is 8.52. The van der Waals surface area contributed by atoms with Crippen molar-refractivity contribution in [1.29, 1.82) is 0 Å². The van der Waals surface area contributed by atoms with Crippen LogP contribution in [0.3, 0.4) is 0 Å². The number of aromatic nitrogens is 2. The number of nitrogens with zero attached hydrogens (tertiary/aromatic N) is 3. The average Bonchev–Trinajstić information content (AvgIpc) is 2.68. The Morgan fingerprint density at radius 3 is 2.78 bits per heavy atom. The number of nitrogens with two attached hydrogens (primary N) is 1. The van der Waals surface area contributed by atoms with Gasteiger partial charge in [0, 0.05) is 11.8 Å². The first kappa shape index (κ1) is 12.4. The van der Waals surface area contributed by atoms with Gasteiger partial charge in [0.05, 0.1) is 10.7 Å². The Hall–Kier alpha value is -2.08. The second-order valence-electron chi connectivity index (χ2n) is 3.66. The lowest BCUT2D eigenvalue weighted by atomic mass is 10.2. The van der Waals surface area contributed by atoms with Gasteiger partial charge in [0.1, 0.15) is 11.5 Å². The molecule has 1 heterocycles. The summed E-state index contributed by atoms with van der Waals surface area (Å²) in [5.41, 5.74) is 6.50. The van der Waals surface area contributed by atoms with Crippen LogP contribution >= 0.6 is 11.6 Å². The molecule has 0 atom stereocenters. The summed E-state index contributed by atoms with van der Waals surface area (Å²) in [6.45, 7) is 1.72. The molecular weight excluding hydrogens is 259 g/mol. The van der Waals surface area contributed by atoms with Crippen LogP contribution in [0.1, 0.15) is 11.3 Å². The van der Waals surface area contributed by atoms with Crippen molar-refractivity contribution in [2.45, 2.75) is 6.92 Å². The van der Waals surface area contributed by atoms with E-state index in [0.29, 0.717) is 10.7 Å². The molecule has 2 aromatic rings. The minimum atomic E-state index is -0.543. The number of aryl methyl sites for hydroxylation is 1. The third-order valence-electron chi connectivity index (χ3n) is 2.44. The van der Waals surface area contributed by atoms with Crippen molar-refractivity contribution >= 4 is 17.4 Å². The molecule has 1 aromatic heterocycles. The van der Waals surface area contributed by atoms with Crippen LogP contribution in [0, 0.1) is 12.7 Å². The van der Waals surface area contributed by atoms with Crippen molar-refractivity contribution in [3.8, 4) is 5.69 Å². The Morgan fingerprint density at radius 1 is 1.56 bits per heavy atom. The predicted molar refractivity (Wildman–Crippen MR) is 65.8 cm³/mol. The van der Waals surface area contributed by atoms with E-state index in [9.17, 15) is 4.39 Å². The lowest BCUT2D eigenvalue weighted by Crippen LogP contribution is -2.13. The zero-order chi connectivity index (χ0) is 13.3. The second-order valence-corrected chi connectivity index (χ2v) is 4.07. The standard InChI is InChI=1S/C11H10ClFN4O/c1-6-8(12)5-17(15-6)10-3-2-7(4-9(10)13)11(14)16-18/h2-5,18H,1H3,(H2,14,16). The number of benzene rings is 1. The summed E-state index contributed by atoms with van der Waals surface area (Å²) >= 11 is 5.86. The molecule has 1 aromatic carbocycles. The maximum Gasteiger partial charge on any atom is 0.170 e. The molecule has 7 heteroatoms. The van der Waals surface area contributed by atoms with Crippen molar-refractivity contribution in [1.82, 2.24) is 9.78 Å². The Morgan fingerprint density at radius 2 is 2.28 bits per heavy atom. The highest BCUT2D eigenvalue weighted by molar-refractivity contribution is 6.31. The molecule has 0 bridgehead atoms. The van der Waals surface area contributed by atoms with E-state index >= 15 is 0 Å². The van der Waals surface area contributed by atoms with E-state index < -0.39 is 5.82 Å². The molecular formula is C11H10ClFN4O. The zero-order valence-electron chi connectivity index (χ0n) is 9.43. The van der Waals surface area contributed by atoms with Gasteiger partial charge in [-0.2, -0.15) is 5.10 Å². The van der Waals surface area contributed by atoms with E-state index in [1.165, 1.54) is 23.0 Å². The highest BCUT2D eigenvalue weighted by Crippen LogP contribution is 2.19. The molecule has 18 heavy (non-hydrogen) atoms. The van der Waals surface area contributed by atoms with Gasteiger partial charge in [0.2, 0.25) is 0 Å². The Kier molecular flexibility index (Phi) is 3.20. The fraction of sp³-hybridized carbons (Fsp3) is 0.0909. The van der Waals surface area contributed by atoms with E-state index in [-0.39, 0.29) is 17.1 Å². The predicted octanol–water partition coefficient (Wildman–Crippen LogP) is 2.07. The quantitative estimate of drug-likeness (QED) is 0.379. The Balaban J connectivity index is 2.47. The third kappa shape index (κ3) is 2.14. The monoisotopic (exact) mass is 268 g/mol. The number of oxime groups is 1. The van der Waals surface area contributed by atoms with Gasteiger partial charge in [-0.3, -0.25) is 0 Å². The number of amidine groups is 1. The van der Waals surface area contributed by atoms with E-state index in [2.05, 4.69) is 10.3 Å². The molecule has 3 N–H and O–H groups in total. The SMILES string of the molecule is Cc1nn(-c2ccc(C(N)=NO)cc2F)cc1Cl. The number of hydrogen-bond acceptors (Lipinski definition) is 3. The summed E-state index contributed by atoms with van der Waals surface area (Å²) in [4.78, 5) is 0. The van der Waals surface area contributed by atoms with Crippen LogP contribution < -0.4 is 5.73 Å². The minimum Gasteiger partial charge on any atom is -0.409 e. The van der Waals surface area contributed by atoms with Crippen LogP contribution in [0.2, 0.25) is 5.02 Å². The Labute approximate surface area is 107 Å². The molecule has 5 nitrogen and oxygen atoms in total. The molecule has 0 saturated carbocycles. The fourth-order valence-electron chi connectivity index (χ4n) is 1.47. The highest BCUT2D eigenvalue weighted by Gasteiger charge is 2.10. The van der Waals surface area contributed by atoms with Crippen LogP contribution in [0.4, 0.5) is 4.39 Å². The van der Waals surface area contributed by atoms with Crippen molar-refractivity contribution in [2.24, 2.45) is 10.9 Å². The van der Waals surface area contributed by atoms with Crippen molar-refractivity contribution in [3.05, 3.63) is 46.5 Å². The maximum atomic E-state index is 13.9. The van der Waals surface area contributed by atoms with Gasteiger partial charge >= 0.3 is 0 Å². The van der Waals surface area contributed by atoms with E-state index in [1.807, 2.05) is 0 Å². The average molecular weight is 269 g/mol. The molecule has 0 aliphatic heterocycles. The van der Waals surface area contributed by atoms with E-state index in [0.717, 1.165) is 6.07 Å². The normalized spacial score (nSPS) is 11.8. The fourth-order valence-corrected chi connectivity index (χ4v) is 1.60. The summed E-state index contributed by atoms with van der Waals surface area (Å²) in [7, 11) is 0. The summed E-state index contributed by atoms with van der Waals surface area (Å²) in [6.07, 6.45) is 1.51. The van der Waals surface area contributed by atoms with Crippen LogP contribution in [-0.4, -0.2) is 20.8 Å². The molecule has 0 aliphatic carbocycles. The molecule has 0 saturated heterocycles. The van der Waals surface area contributed by atoms with E-state index in [4.69, 9.17) is 22.5 Å². The lowest BCUT2D eigenvalue weighted by molar-refractivity contribution is 0.318. The first-order valence-electron chi connectivity index (χ1n) is 5.02. The van der Waals surface area contributed by atoms with Crippen molar-refractivity contribution in [2.75, 3.05) is 0 Å². The van der Waals surface area contributed by atoms with Gasteiger partial charge in [-0.15, -0.1) is 0 Å². The van der Waals surface area contributed by atoms with Crippen LogP contribution in [0.15, 0.2) is 29.6 Å². The Bertz CT molecular complexity index is 604. The van der Waals surface area contributed by atoms with Gasteiger partial charge in [0.25, 0.3) is 0 Å². The highest BCUT2D eigenvalue weighted by atomic mass is 35.5. The first-order valence-corrected chi connectivity index (χ1v) is 5.40. The van der Waals surface area contributed by atoms with Crippen molar-refractivity contribution in [3.63, 3.8) is 0 Å². The van der Waals surface area contributed by atoms with Crippen LogP contribution in [-0.2, 0) is 0 Å². The summed E-state index contributed by atoms with van der Waals surface area (Å²) in [5.74, 6) is -0.701. The number of halogens is 2. The molecule has 0 spiro atoms. The van der Waals surface area contributed by atoms with E-state index in [1.54, 1.807) is 6.92 Å². The maximum absolute atomic E-state index is 13.9.